The molecule has 0 saturated carbocycles. The lowest BCUT2D eigenvalue weighted by Gasteiger charge is -2.26. The fourth-order valence-electron chi connectivity index (χ4n) is 7.97. The van der Waals surface area contributed by atoms with Gasteiger partial charge in [-0.15, -0.1) is 0 Å². The lowest BCUT2D eigenvalue weighted by atomic mass is 10.0. The summed E-state index contributed by atoms with van der Waals surface area (Å²) in [6.07, 6.45) is 65.1. The number of ether oxygens (including phenoxy) is 4. The van der Waals surface area contributed by atoms with Crippen LogP contribution in [0.3, 0.4) is 0 Å². The van der Waals surface area contributed by atoms with Gasteiger partial charge < -0.3 is 33.3 Å². The zero-order valence-electron chi connectivity index (χ0n) is 46.6. The van der Waals surface area contributed by atoms with Crippen LogP contribution in [0, 0.1) is 0 Å². The van der Waals surface area contributed by atoms with E-state index in [1.54, 1.807) is 0 Å². The first-order valence-corrected chi connectivity index (χ1v) is 29.1. The average Bonchev–Trinajstić information content (AvgIpc) is 3.34. The zero-order valence-corrected chi connectivity index (χ0v) is 46.6. The van der Waals surface area contributed by atoms with Crippen LogP contribution in [0.1, 0.15) is 245 Å². The lowest BCUT2D eigenvalue weighted by Crippen LogP contribution is -2.44. The largest absolute Gasteiger partial charge is 0.545 e. The van der Waals surface area contributed by atoms with E-state index in [0.717, 1.165) is 77.0 Å². The van der Waals surface area contributed by atoms with E-state index in [0.29, 0.717) is 17.4 Å². The number of esters is 2. The van der Waals surface area contributed by atoms with E-state index in [4.69, 9.17) is 18.9 Å². The number of likely N-dealkylation sites (N-methyl/N-ethyl adjacent to an activating group) is 1. The van der Waals surface area contributed by atoms with Gasteiger partial charge in [0.05, 0.1) is 40.3 Å². The number of carbonyl (C=O) groups excluding carboxylic acids is 3. The van der Waals surface area contributed by atoms with Crippen molar-refractivity contribution in [3.8, 4) is 0 Å². The van der Waals surface area contributed by atoms with Gasteiger partial charge in [0.1, 0.15) is 13.2 Å². The summed E-state index contributed by atoms with van der Waals surface area (Å²) in [7, 11) is 5.92. The Morgan fingerprint density at radius 2 is 0.803 bits per heavy atom. The first kappa shape index (κ1) is 67.7. The number of carboxylic acid groups (broad SMARTS) is 1. The number of hydrogen-bond donors (Lipinski definition) is 0. The van der Waals surface area contributed by atoms with Gasteiger partial charge in [-0.1, -0.05) is 222 Å². The molecule has 0 aromatic heterocycles. The van der Waals surface area contributed by atoms with Crippen LogP contribution in [0.15, 0.2) is 72.9 Å². The Labute approximate surface area is 437 Å². The van der Waals surface area contributed by atoms with Gasteiger partial charge in [0.25, 0.3) is 0 Å². The van der Waals surface area contributed by atoms with Gasteiger partial charge in [-0.3, -0.25) is 9.59 Å². The molecule has 0 fully saturated rings. The summed E-state index contributed by atoms with van der Waals surface area (Å²) < 4.78 is 22.7. The molecule has 2 atom stereocenters. The van der Waals surface area contributed by atoms with Crippen LogP contribution in [-0.4, -0.2) is 82.3 Å². The normalized spacial score (nSPS) is 13.3. The van der Waals surface area contributed by atoms with E-state index >= 15 is 0 Å². The molecule has 0 aliphatic carbocycles. The quantitative estimate of drug-likeness (QED) is 0.0195. The molecule has 71 heavy (non-hydrogen) atoms. The minimum atomic E-state index is -1.63. The average molecular weight is 997 g/mol. The molecule has 0 aliphatic heterocycles. The summed E-state index contributed by atoms with van der Waals surface area (Å²) in [5, 5.41) is 11.8. The van der Waals surface area contributed by atoms with E-state index < -0.39 is 24.3 Å². The second kappa shape index (κ2) is 53.0. The van der Waals surface area contributed by atoms with Gasteiger partial charge in [-0.05, 0) is 83.5 Å². The van der Waals surface area contributed by atoms with Crippen LogP contribution < -0.4 is 5.11 Å². The maximum absolute atomic E-state index is 12.9. The van der Waals surface area contributed by atoms with Crippen LogP contribution in [-0.2, 0) is 33.3 Å². The minimum absolute atomic E-state index is 0.142. The second-order valence-corrected chi connectivity index (χ2v) is 20.5. The zero-order chi connectivity index (χ0) is 52.0. The number of unbranched alkanes of at least 4 members (excludes halogenated alkanes) is 26. The van der Waals surface area contributed by atoms with E-state index in [9.17, 15) is 19.5 Å². The van der Waals surface area contributed by atoms with Gasteiger partial charge >= 0.3 is 11.9 Å². The molecule has 0 saturated heterocycles. The molecule has 0 aliphatic rings. The molecule has 0 amide bonds. The van der Waals surface area contributed by atoms with Crippen molar-refractivity contribution < 1.29 is 42.9 Å². The fourth-order valence-corrected chi connectivity index (χ4v) is 7.97. The van der Waals surface area contributed by atoms with Gasteiger partial charge in [0.15, 0.2) is 12.4 Å². The number of aliphatic carboxylic acids is 1. The van der Waals surface area contributed by atoms with Gasteiger partial charge in [-0.2, -0.15) is 0 Å². The van der Waals surface area contributed by atoms with Crippen molar-refractivity contribution in [2.75, 3.05) is 47.5 Å². The second-order valence-electron chi connectivity index (χ2n) is 20.5. The molecular weight excluding hydrogens is 887 g/mol. The number of carbonyl (C=O) groups is 3. The topological polar surface area (TPSA) is 111 Å². The first-order chi connectivity index (χ1) is 34.6. The molecule has 0 rings (SSSR count). The third-order valence-corrected chi connectivity index (χ3v) is 12.4. The van der Waals surface area contributed by atoms with Crippen LogP contribution in [0.4, 0.5) is 0 Å². The summed E-state index contributed by atoms with van der Waals surface area (Å²) in [6, 6.07) is 0. The highest BCUT2D eigenvalue weighted by Crippen LogP contribution is 2.16. The highest BCUT2D eigenvalue weighted by atomic mass is 16.7. The molecule has 0 spiro atoms. The third kappa shape index (κ3) is 54.3. The maximum atomic E-state index is 12.9. The molecule has 0 N–H and O–H groups in total. The summed E-state index contributed by atoms with van der Waals surface area (Å²) in [5.41, 5.74) is 0. The standard InChI is InChI=1S/C62H109NO8/c1-6-8-10-12-14-16-18-20-22-24-26-28-30-32-34-36-38-40-42-44-46-48-50-52-59(64)69-56-58(57-70-62(61(66)67)68-55-54-63(3,4)5)71-60(65)53-51-49-47-45-43-41-39-37-35-33-31-29-27-25-23-21-19-17-15-13-11-9-7-2/h9,11,15,17,21,23-24,26-27,29,33,35,58,62H,6-8,10,12-14,16,18-20,22,25,28,30-32,34,36-57H2,1-5H3/b11-9-,17-15-,23-21-,26-24-,29-27-,35-33-. The molecule has 0 bridgehead atoms. The van der Waals surface area contributed by atoms with E-state index in [1.165, 1.54) is 135 Å². The fraction of sp³-hybridized carbons (Fsp3) is 0.758. The molecule has 2 unspecified atom stereocenters. The molecule has 0 heterocycles. The van der Waals surface area contributed by atoms with Crippen LogP contribution in [0.2, 0.25) is 0 Å². The van der Waals surface area contributed by atoms with Crippen LogP contribution in [0.5, 0.6) is 0 Å². The minimum Gasteiger partial charge on any atom is -0.545 e. The molecule has 0 aromatic rings. The Balaban J connectivity index is 4.28. The predicted octanol–water partition coefficient (Wildman–Crippen LogP) is 15.7. The van der Waals surface area contributed by atoms with Crippen molar-refractivity contribution in [1.82, 2.24) is 0 Å². The Kier molecular flexibility index (Phi) is 50.6. The summed E-state index contributed by atoms with van der Waals surface area (Å²) >= 11 is 0. The van der Waals surface area contributed by atoms with Crippen molar-refractivity contribution in [3.63, 3.8) is 0 Å². The Bertz CT molecular complexity index is 1390. The first-order valence-electron chi connectivity index (χ1n) is 29.1. The molecule has 0 radical (unpaired) electrons. The number of carboxylic acids is 1. The van der Waals surface area contributed by atoms with Crippen molar-refractivity contribution in [3.05, 3.63) is 72.9 Å². The van der Waals surface area contributed by atoms with Crippen molar-refractivity contribution in [2.24, 2.45) is 0 Å². The number of nitrogens with zero attached hydrogens (tertiary/aromatic N) is 1. The molecule has 410 valence electrons. The van der Waals surface area contributed by atoms with E-state index in [1.807, 2.05) is 21.1 Å². The van der Waals surface area contributed by atoms with E-state index in [-0.39, 0.29) is 38.6 Å². The lowest BCUT2D eigenvalue weighted by molar-refractivity contribution is -0.870. The van der Waals surface area contributed by atoms with Crippen molar-refractivity contribution >= 4 is 17.9 Å². The SMILES string of the molecule is CC/C=C\C/C=C\C/C=C\C/C=C\C/C=C\CCCCCCCCCC(=O)OC(COC(=O)CCCCCCCCCCCCC/C=C\CCCCCCCCCC)COC(OCC[N+](C)(C)C)C(=O)[O-]. The highest BCUT2D eigenvalue weighted by molar-refractivity contribution is 5.70. The number of quaternary nitrogens is 1. The molecule has 9 heteroatoms. The van der Waals surface area contributed by atoms with Crippen molar-refractivity contribution in [2.45, 2.75) is 257 Å². The Hall–Kier alpha value is -3.27. The van der Waals surface area contributed by atoms with Crippen LogP contribution >= 0.6 is 0 Å². The van der Waals surface area contributed by atoms with Gasteiger partial charge in [0.2, 0.25) is 0 Å². The Morgan fingerprint density at radius 3 is 1.21 bits per heavy atom. The third-order valence-electron chi connectivity index (χ3n) is 12.4. The Morgan fingerprint density at radius 1 is 0.437 bits per heavy atom. The maximum Gasteiger partial charge on any atom is 0.306 e. The van der Waals surface area contributed by atoms with Gasteiger partial charge in [0, 0.05) is 12.8 Å². The number of rotatable bonds is 53. The number of allylic oxidation sites excluding steroid dienone is 12. The molecule has 9 nitrogen and oxygen atoms in total. The van der Waals surface area contributed by atoms with Gasteiger partial charge in [-0.25, -0.2) is 0 Å². The highest BCUT2D eigenvalue weighted by Gasteiger charge is 2.22. The number of hydrogen-bond acceptors (Lipinski definition) is 8. The monoisotopic (exact) mass is 996 g/mol. The summed E-state index contributed by atoms with van der Waals surface area (Å²) in [5.74, 6) is -2.30. The molecule has 0 aromatic carbocycles. The molecular formula is C62H109NO8. The van der Waals surface area contributed by atoms with E-state index in [2.05, 4.69) is 86.8 Å². The smallest absolute Gasteiger partial charge is 0.306 e. The van der Waals surface area contributed by atoms with Crippen molar-refractivity contribution in [1.29, 1.82) is 0 Å². The predicted molar refractivity (Wildman–Crippen MR) is 297 cm³/mol. The van der Waals surface area contributed by atoms with Crippen LogP contribution in [0.25, 0.3) is 0 Å². The summed E-state index contributed by atoms with van der Waals surface area (Å²) in [6.45, 7) is 4.63. The summed E-state index contributed by atoms with van der Waals surface area (Å²) in [4.78, 5) is 37.3.